The van der Waals surface area contributed by atoms with Crippen molar-refractivity contribution in [3.05, 3.63) is 106 Å². The number of alkyl halides is 4. The van der Waals surface area contributed by atoms with Gasteiger partial charge >= 0.3 is 12.1 Å². The number of carboxylic acid groups (broad SMARTS) is 1. The van der Waals surface area contributed by atoms with Crippen molar-refractivity contribution in [2.45, 2.75) is 62.3 Å². The van der Waals surface area contributed by atoms with Gasteiger partial charge in [-0.15, -0.1) is 0 Å². The van der Waals surface area contributed by atoms with Crippen molar-refractivity contribution in [3.8, 4) is 0 Å². The summed E-state index contributed by atoms with van der Waals surface area (Å²) in [7, 11) is 0. The van der Waals surface area contributed by atoms with Crippen LogP contribution in [0.25, 0.3) is 0 Å². The third-order valence-corrected chi connectivity index (χ3v) is 8.56. The number of nitrogens with zero attached hydrogens (tertiary/aromatic N) is 1. The summed E-state index contributed by atoms with van der Waals surface area (Å²) in [5.41, 5.74) is -1.19. The van der Waals surface area contributed by atoms with Crippen LogP contribution in [0.15, 0.2) is 72.8 Å². The second-order valence-electron chi connectivity index (χ2n) is 10.7. The van der Waals surface area contributed by atoms with Crippen LogP contribution in [0.2, 0.25) is 0 Å². The number of aryl methyl sites for hydroxylation is 2. The zero-order valence-electron chi connectivity index (χ0n) is 21.5. The van der Waals surface area contributed by atoms with Gasteiger partial charge < -0.3 is 10.0 Å². The van der Waals surface area contributed by atoms with Crippen LogP contribution in [-0.4, -0.2) is 40.6 Å². The van der Waals surface area contributed by atoms with Gasteiger partial charge in [-0.05, 0) is 85.5 Å². The van der Waals surface area contributed by atoms with Crippen LogP contribution < -0.4 is 0 Å². The van der Waals surface area contributed by atoms with Crippen LogP contribution in [0.3, 0.4) is 0 Å². The number of carbonyl (C=O) groups excluding carboxylic acids is 1. The van der Waals surface area contributed by atoms with Gasteiger partial charge in [-0.25, -0.2) is 9.18 Å². The van der Waals surface area contributed by atoms with Crippen LogP contribution in [-0.2, 0) is 23.9 Å². The molecule has 3 atom stereocenters. The molecule has 1 aliphatic heterocycles. The second-order valence-corrected chi connectivity index (χ2v) is 10.7. The summed E-state index contributed by atoms with van der Waals surface area (Å²) in [6.07, 6.45) is -2.03. The highest BCUT2D eigenvalue weighted by Crippen LogP contribution is 2.51. The molecule has 1 N–H and O–H groups in total. The Balaban J connectivity index is 1.52. The minimum atomic E-state index is -5.03. The molecular weight excluding hydrogens is 510 g/mol. The van der Waals surface area contributed by atoms with Crippen LogP contribution in [0.1, 0.15) is 69.2 Å². The SMILES string of the molecule is CC(F)(c1ccc2c(c1)CCC1N(C(=O)c3ccc(C(=O)O)cc3)CCC21CCc1ccccc1)C(F)(F)F. The molecule has 0 aromatic heterocycles. The van der Waals surface area contributed by atoms with Crippen molar-refractivity contribution in [1.29, 1.82) is 0 Å². The summed E-state index contributed by atoms with van der Waals surface area (Å²) in [5.74, 6) is -1.28. The maximum Gasteiger partial charge on any atom is 0.426 e. The molecule has 3 aromatic rings. The third-order valence-electron chi connectivity index (χ3n) is 8.56. The molecule has 39 heavy (non-hydrogen) atoms. The van der Waals surface area contributed by atoms with E-state index in [1.807, 2.05) is 35.2 Å². The molecule has 2 aliphatic rings. The first-order valence-corrected chi connectivity index (χ1v) is 13.0. The maximum atomic E-state index is 14.9. The van der Waals surface area contributed by atoms with Gasteiger partial charge in [0.15, 0.2) is 0 Å². The lowest BCUT2D eigenvalue weighted by molar-refractivity contribution is -0.228. The van der Waals surface area contributed by atoms with E-state index in [9.17, 15) is 32.3 Å². The fraction of sp³-hybridized carbons (Fsp3) is 0.355. The number of amides is 1. The van der Waals surface area contributed by atoms with E-state index in [2.05, 4.69) is 0 Å². The van der Waals surface area contributed by atoms with Crippen LogP contribution >= 0.6 is 0 Å². The van der Waals surface area contributed by atoms with Gasteiger partial charge in [0.25, 0.3) is 5.91 Å². The standard InChI is InChI=1S/C31H29F4NO3/c1-29(32,31(33,34)35)24-12-13-25-23(19-24)11-14-26-30(25,16-15-20-5-3-2-4-6-20)17-18-36(26)27(37)21-7-9-22(10-8-21)28(38)39/h2-10,12-13,19,26H,11,14-18H2,1H3,(H,38,39). The first-order chi connectivity index (χ1) is 18.4. The fourth-order valence-corrected chi connectivity index (χ4v) is 6.32. The normalized spacial score (nSPS) is 22.1. The quantitative estimate of drug-likeness (QED) is 0.348. The zero-order chi connectivity index (χ0) is 28.0. The Morgan fingerprint density at radius 1 is 0.974 bits per heavy atom. The van der Waals surface area contributed by atoms with Crippen molar-refractivity contribution < 1.29 is 32.3 Å². The Hall–Kier alpha value is -3.68. The van der Waals surface area contributed by atoms with Crippen molar-refractivity contribution in [2.24, 2.45) is 0 Å². The van der Waals surface area contributed by atoms with E-state index in [4.69, 9.17) is 0 Å². The van der Waals surface area contributed by atoms with E-state index in [-0.39, 0.29) is 17.5 Å². The summed E-state index contributed by atoms with van der Waals surface area (Å²) in [6, 6.07) is 19.8. The van der Waals surface area contributed by atoms with Crippen LogP contribution in [0.5, 0.6) is 0 Å². The van der Waals surface area contributed by atoms with Crippen molar-refractivity contribution in [3.63, 3.8) is 0 Å². The lowest BCUT2D eigenvalue weighted by Crippen LogP contribution is -2.48. The Bertz CT molecular complexity index is 1390. The molecule has 0 bridgehead atoms. The van der Waals surface area contributed by atoms with E-state index in [0.29, 0.717) is 50.3 Å². The average molecular weight is 540 g/mol. The number of aromatic carboxylic acids is 1. The molecule has 1 heterocycles. The molecule has 4 nitrogen and oxygen atoms in total. The molecular formula is C31H29F4NO3. The lowest BCUT2D eigenvalue weighted by atomic mass is 9.63. The first-order valence-electron chi connectivity index (χ1n) is 13.0. The fourth-order valence-electron chi connectivity index (χ4n) is 6.32. The summed E-state index contributed by atoms with van der Waals surface area (Å²) < 4.78 is 55.3. The molecule has 3 unspecified atom stereocenters. The first kappa shape index (κ1) is 26.9. The monoisotopic (exact) mass is 539 g/mol. The van der Waals surface area contributed by atoms with E-state index < -0.39 is 28.8 Å². The molecule has 8 heteroatoms. The Morgan fingerprint density at radius 2 is 1.64 bits per heavy atom. The van der Waals surface area contributed by atoms with Gasteiger partial charge in [-0.1, -0.05) is 48.5 Å². The predicted molar refractivity (Wildman–Crippen MR) is 139 cm³/mol. The minimum Gasteiger partial charge on any atom is -0.478 e. The van der Waals surface area contributed by atoms with Crippen molar-refractivity contribution in [2.75, 3.05) is 6.54 Å². The highest BCUT2D eigenvalue weighted by Gasteiger charge is 2.55. The summed E-state index contributed by atoms with van der Waals surface area (Å²) in [5, 5.41) is 9.19. The summed E-state index contributed by atoms with van der Waals surface area (Å²) in [4.78, 5) is 26.7. The number of rotatable bonds is 6. The van der Waals surface area contributed by atoms with Gasteiger partial charge in [-0.3, -0.25) is 4.79 Å². The number of likely N-dealkylation sites (tertiary alicyclic amines) is 1. The molecule has 1 aliphatic carbocycles. The van der Waals surface area contributed by atoms with Gasteiger partial charge in [0.1, 0.15) is 0 Å². The molecule has 0 saturated carbocycles. The number of carbonyl (C=O) groups is 2. The number of hydrogen-bond acceptors (Lipinski definition) is 2. The molecule has 5 rings (SSSR count). The number of hydrogen-bond donors (Lipinski definition) is 1. The Labute approximate surface area is 224 Å². The van der Waals surface area contributed by atoms with E-state index in [1.54, 1.807) is 6.07 Å². The van der Waals surface area contributed by atoms with E-state index in [0.717, 1.165) is 17.5 Å². The topological polar surface area (TPSA) is 57.6 Å². The zero-order valence-corrected chi connectivity index (χ0v) is 21.5. The number of benzene rings is 3. The van der Waals surface area contributed by atoms with E-state index >= 15 is 0 Å². The molecule has 1 fully saturated rings. The summed E-state index contributed by atoms with van der Waals surface area (Å²) >= 11 is 0. The summed E-state index contributed by atoms with van der Waals surface area (Å²) in [6.45, 7) is 1.01. The molecule has 3 aromatic carbocycles. The number of fused-ring (bicyclic) bond motifs is 3. The highest BCUT2D eigenvalue weighted by atomic mass is 19.4. The number of halogens is 4. The third kappa shape index (κ3) is 4.70. The lowest BCUT2D eigenvalue weighted by Gasteiger charge is -2.44. The predicted octanol–water partition coefficient (Wildman–Crippen LogP) is 6.86. The molecule has 204 valence electrons. The average Bonchev–Trinajstić information content (AvgIpc) is 3.31. The molecule has 0 radical (unpaired) electrons. The largest absolute Gasteiger partial charge is 0.478 e. The number of carboxylic acids is 1. The Morgan fingerprint density at radius 3 is 2.28 bits per heavy atom. The smallest absolute Gasteiger partial charge is 0.426 e. The van der Waals surface area contributed by atoms with Gasteiger partial charge in [0.05, 0.1) is 5.56 Å². The maximum absolute atomic E-state index is 14.9. The van der Waals surface area contributed by atoms with Gasteiger partial charge in [0.2, 0.25) is 5.67 Å². The van der Waals surface area contributed by atoms with Gasteiger partial charge in [-0.2, -0.15) is 13.2 Å². The van der Waals surface area contributed by atoms with Crippen LogP contribution in [0.4, 0.5) is 17.6 Å². The molecule has 0 spiro atoms. The van der Waals surface area contributed by atoms with E-state index in [1.165, 1.54) is 36.4 Å². The second kappa shape index (κ2) is 9.81. The van der Waals surface area contributed by atoms with Crippen molar-refractivity contribution in [1.82, 2.24) is 4.90 Å². The van der Waals surface area contributed by atoms with Crippen LogP contribution in [0, 0.1) is 0 Å². The van der Waals surface area contributed by atoms with Crippen molar-refractivity contribution >= 4 is 11.9 Å². The molecule has 1 amide bonds. The highest BCUT2D eigenvalue weighted by molar-refractivity contribution is 5.96. The minimum absolute atomic E-state index is 0.0892. The van der Waals surface area contributed by atoms with Gasteiger partial charge in [0, 0.05) is 23.6 Å². The Kier molecular flexibility index (Phi) is 6.77. The molecule has 1 saturated heterocycles.